The number of benzene rings is 1. The van der Waals surface area contributed by atoms with Gasteiger partial charge in [0.15, 0.2) is 9.84 Å². The third-order valence-corrected chi connectivity index (χ3v) is 6.27. The van der Waals surface area contributed by atoms with Gasteiger partial charge >= 0.3 is 6.18 Å². The average molecular weight is 431 g/mol. The number of amides is 1. The van der Waals surface area contributed by atoms with Crippen LogP contribution in [-0.2, 0) is 16.0 Å². The van der Waals surface area contributed by atoms with Crippen LogP contribution in [-0.4, -0.2) is 37.4 Å². The van der Waals surface area contributed by atoms with Crippen molar-refractivity contribution in [3.05, 3.63) is 53.5 Å². The second-order valence-corrected chi connectivity index (χ2v) is 8.96. The number of aromatic nitrogens is 1. The largest absolute Gasteiger partial charge is 0.417 e. The van der Waals surface area contributed by atoms with Crippen LogP contribution in [0.3, 0.4) is 0 Å². The Bertz CT molecular complexity index is 1030. The van der Waals surface area contributed by atoms with Crippen molar-refractivity contribution in [2.24, 2.45) is 5.92 Å². The van der Waals surface area contributed by atoms with Gasteiger partial charge in [-0.2, -0.15) is 13.2 Å². The number of nitrogens with one attached hydrogen (secondary N) is 2. The molecule has 2 aromatic rings. The first-order valence-electron chi connectivity index (χ1n) is 8.62. The number of pyridine rings is 1. The molecular formula is C18H17F4N3O3S. The average Bonchev–Trinajstić information content (AvgIpc) is 2.98. The zero-order valence-corrected chi connectivity index (χ0v) is 15.8. The summed E-state index contributed by atoms with van der Waals surface area (Å²) < 4.78 is 76.5. The molecule has 29 heavy (non-hydrogen) atoms. The summed E-state index contributed by atoms with van der Waals surface area (Å²) in [6, 6.07) is 5.77. The molecule has 11 heteroatoms. The lowest BCUT2D eigenvalue weighted by atomic mass is 10.1. The Labute approximate surface area is 164 Å². The second-order valence-electron chi connectivity index (χ2n) is 6.73. The van der Waals surface area contributed by atoms with Crippen molar-refractivity contribution in [2.45, 2.75) is 12.6 Å². The number of hydrogen-bond acceptors (Lipinski definition) is 5. The summed E-state index contributed by atoms with van der Waals surface area (Å²) in [6.07, 6.45) is -3.70. The van der Waals surface area contributed by atoms with Crippen molar-refractivity contribution in [3.8, 4) is 0 Å². The standard InChI is InChI=1S/C18H17F4N3O3S/c19-12-2-1-3-13(6-12)25-16-7-15(18(20,21)22)14(9-23-16)17(26)24-8-11-4-5-29(27,28)10-11/h1-3,6-7,9,11H,4-5,8,10H2,(H,23,25)(H,24,26). The van der Waals surface area contributed by atoms with Gasteiger partial charge in [-0.05, 0) is 36.6 Å². The molecule has 1 fully saturated rings. The monoisotopic (exact) mass is 431 g/mol. The van der Waals surface area contributed by atoms with E-state index in [2.05, 4.69) is 15.6 Å². The fourth-order valence-corrected chi connectivity index (χ4v) is 4.88. The molecule has 1 aromatic heterocycles. The molecule has 2 heterocycles. The summed E-state index contributed by atoms with van der Waals surface area (Å²) in [5, 5.41) is 4.91. The van der Waals surface area contributed by atoms with Crippen molar-refractivity contribution in [3.63, 3.8) is 0 Å². The van der Waals surface area contributed by atoms with Crippen LogP contribution in [0, 0.1) is 11.7 Å². The highest BCUT2D eigenvalue weighted by molar-refractivity contribution is 7.91. The predicted octanol–water partition coefficient (Wildman–Crippen LogP) is 3.15. The lowest BCUT2D eigenvalue weighted by Crippen LogP contribution is -2.31. The van der Waals surface area contributed by atoms with Gasteiger partial charge in [0.2, 0.25) is 0 Å². The molecule has 156 valence electrons. The molecule has 0 aliphatic carbocycles. The topological polar surface area (TPSA) is 88.2 Å². The van der Waals surface area contributed by atoms with E-state index in [0.717, 1.165) is 12.3 Å². The minimum absolute atomic E-state index is 0.00331. The number of hydrogen-bond donors (Lipinski definition) is 2. The van der Waals surface area contributed by atoms with E-state index in [1.165, 1.54) is 18.2 Å². The fraction of sp³-hybridized carbons (Fsp3) is 0.333. The van der Waals surface area contributed by atoms with Crippen molar-refractivity contribution < 1.29 is 30.8 Å². The molecular weight excluding hydrogens is 414 g/mol. The summed E-state index contributed by atoms with van der Waals surface area (Å²) >= 11 is 0. The molecule has 0 spiro atoms. The molecule has 2 N–H and O–H groups in total. The molecule has 1 aromatic carbocycles. The van der Waals surface area contributed by atoms with Crippen LogP contribution in [0.25, 0.3) is 0 Å². The normalized spacial score (nSPS) is 18.4. The van der Waals surface area contributed by atoms with Gasteiger partial charge in [0, 0.05) is 18.4 Å². The third-order valence-electron chi connectivity index (χ3n) is 4.43. The predicted molar refractivity (Wildman–Crippen MR) is 98.0 cm³/mol. The van der Waals surface area contributed by atoms with Crippen LogP contribution in [0.5, 0.6) is 0 Å². The number of halogens is 4. The van der Waals surface area contributed by atoms with Crippen LogP contribution >= 0.6 is 0 Å². The van der Waals surface area contributed by atoms with Gasteiger partial charge in [-0.15, -0.1) is 0 Å². The number of anilines is 2. The summed E-state index contributed by atoms with van der Waals surface area (Å²) in [6.45, 7) is -0.0430. The van der Waals surface area contributed by atoms with Crippen LogP contribution in [0.4, 0.5) is 29.1 Å². The molecule has 0 radical (unpaired) electrons. The van der Waals surface area contributed by atoms with E-state index in [0.29, 0.717) is 12.5 Å². The summed E-state index contributed by atoms with van der Waals surface area (Å²) in [5.74, 6) is -2.21. The molecule has 0 bridgehead atoms. The first kappa shape index (κ1) is 21.0. The smallest absolute Gasteiger partial charge is 0.352 e. The fourth-order valence-electron chi connectivity index (χ4n) is 3.02. The van der Waals surface area contributed by atoms with Crippen LogP contribution < -0.4 is 10.6 Å². The Morgan fingerprint density at radius 3 is 2.62 bits per heavy atom. The van der Waals surface area contributed by atoms with Crippen LogP contribution in [0.2, 0.25) is 0 Å². The number of carbonyl (C=O) groups excluding carboxylic acids is 1. The maximum absolute atomic E-state index is 13.5. The maximum atomic E-state index is 13.5. The molecule has 1 aliphatic rings. The lowest BCUT2D eigenvalue weighted by Gasteiger charge is -2.16. The van der Waals surface area contributed by atoms with E-state index in [9.17, 15) is 30.8 Å². The summed E-state index contributed by atoms with van der Waals surface area (Å²) in [4.78, 5) is 16.1. The molecule has 1 unspecified atom stereocenters. The number of sulfone groups is 1. The Kier molecular flexibility index (Phi) is 5.78. The van der Waals surface area contributed by atoms with E-state index in [1.54, 1.807) is 0 Å². The number of rotatable bonds is 5. The number of nitrogens with zero attached hydrogens (tertiary/aromatic N) is 1. The highest BCUT2D eigenvalue weighted by atomic mass is 32.2. The van der Waals surface area contributed by atoms with Crippen molar-refractivity contribution in [1.29, 1.82) is 0 Å². The highest BCUT2D eigenvalue weighted by Crippen LogP contribution is 2.33. The van der Waals surface area contributed by atoms with E-state index < -0.39 is 38.9 Å². The molecule has 3 rings (SSSR count). The lowest BCUT2D eigenvalue weighted by molar-refractivity contribution is -0.137. The molecule has 1 atom stereocenters. The first-order chi connectivity index (χ1) is 13.5. The van der Waals surface area contributed by atoms with Gasteiger partial charge in [-0.25, -0.2) is 17.8 Å². The van der Waals surface area contributed by atoms with Gasteiger partial charge in [-0.1, -0.05) is 6.07 Å². The van der Waals surface area contributed by atoms with Crippen molar-refractivity contribution in [2.75, 3.05) is 23.4 Å². The molecule has 6 nitrogen and oxygen atoms in total. The Balaban J connectivity index is 1.78. The van der Waals surface area contributed by atoms with Crippen LogP contribution in [0.1, 0.15) is 22.3 Å². The van der Waals surface area contributed by atoms with Gasteiger partial charge in [0.1, 0.15) is 11.6 Å². The summed E-state index contributed by atoms with van der Waals surface area (Å²) in [7, 11) is -3.16. The molecule has 1 amide bonds. The second kappa shape index (κ2) is 7.97. The van der Waals surface area contributed by atoms with Gasteiger partial charge < -0.3 is 10.6 Å². The van der Waals surface area contributed by atoms with E-state index in [1.807, 2.05) is 0 Å². The number of alkyl halides is 3. The van der Waals surface area contributed by atoms with Crippen molar-refractivity contribution >= 4 is 27.2 Å². The Morgan fingerprint density at radius 1 is 1.24 bits per heavy atom. The Morgan fingerprint density at radius 2 is 2.00 bits per heavy atom. The summed E-state index contributed by atoms with van der Waals surface area (Å²) in [5.41, 5.74) is -1.68. The first-order valence-corrected chi connectivity index (χ1v) is 10.4. The minimum Gasteiger partial charge on any atom is -0.352 e. The minimum atomic E-state index is -4.83. The zero-order valence-electron chi connectivity index (χ0n) is 15.0. The third kappa shape index (κ3) is 5.43. The van der Waals surface area contributed by atoms with E-state index >= 15 is 0 Å². The van der Waals surface area contributed by atoms with Crippen molar-refractivity contribution in [1.82, 2.24) is 10.3 Å². The van der Waals surface area contributed by atoms with Gasteiger partial charge in [0.05, 0.1) is 22.6 Å². The highest BCUT2D eigenvalue weighted by Gasteiger charge is 2.36. The molecule has 0 saturated carbocycles. The van der Waals surface area contributed by atoms with Gasteiger partial charge in [0.25, 0.3) is 5.91 Å². The van der Waals surface area contributed by atoms with Crippen LogP contribution in [0.15, 0.2) is 36.5 Å². The molecule has 1 aliphatic heterocycles. The molecule has 1 saturated heterocycles. The van der Waals surface area contributed by atoms with E-state index in [-0.39, 0.29) is 35.5 Å². The quantitative estimate of drug-likeness (QED) is 0.711. The van der Waals surface area contributed by atoms with E-state index in [4.69, 9.17) is 0 Å². The number of carbonyl (C=O) groups is 1. The Hall–Kier alpha value is -2.69. The van der Waals surface area contributed by atoms with Gasteiger partial charge in [-0.3, -0.25) is 4.79 Å². The SMILES string of the molecule is O=C(NCC1CCS(=O)(=O)C1)c1cnc(Nc2cccc(F)c2)cc1C(F)(F)F. The zero-order chi connectivity index (χ0) is 21.2. The maximum Gasteiger partial charge on any atom is 0.417 e.